The highest BCUT2D eigenvalue weighted by Crippen LogP contribution is 2.39. The number of sulfonamides is 1. The van der Waals surface area contributed by atoms with Crippen molar-refractivity contribution in [2.75, 3.05) is 0 Å². The van der Waals surface area contributed by atoms with Crippen molar-refractivity contribution in [3.63, 3.8) is 0 Å². The van der Waals surface area contributed by atoms with Crippen LogP contribution in [0.5, 0.6) is 0 Å². The largest absolute Gasteiger partial charge is 0.238 e. The first kappa shape index (κ1) is 19.0. The van der Waals surface area contributed by atoms with Gasteiger partial charge in [0.05, 0.1) is 4.90 Å². The molecule has 3 aromatic rings. The molecule has 0 aliphatic rings. The van der Waals surface area contributed by atoms with Crippen molar-refractivity contribution in [3.05, 3.63) is 77.6 Å². The van der Waals surface area contributed by atoms with Gasteiger partial charge in [0.2, 0.25) is 10.0 Å². The third kappa shape index (κ3) is 3.43. The summed E-state index contributed by atoms with van der Waals surface area (Å²) in [5.74, 6) is -8.20. The van der Waals surface area contributed by atoms with E-state index in [1.165, 1.54) is 12.1 Å². The van der Waals surface area contributed by atoms with E-state index >= 15 is 0 Å². The monoisotopic (exact) mass is 399 g/mol. The van der Waals surface area contributed by atoms with Crippen LogP contribution in [-0.4, -0.2) is 8.42 Å². The topological polar surface area (TPSA) is 60.2 Å². The van der Waals surface area contributed by atoms with Crippen LogP contribution in [0.3, 0.4) is 0 Å². The fourth-order valence-electron chi connectivity index (χ4n) is 2.62. The van der Waals surface area contributed by atoms with E-state index in [9.17, 15) is 30.4 Å². The quantitative estimate of drug-likeness (QED) is 0.404. The Balaban J connectivity index is 2.41. The molecule has 0 aliphatic heterocycles. The molecular formula is C18H10F5NO2S. The van der Waals surface area contributed by atoms with Crippen molar-refractivity contribution in [2.24, 2.45) is 5.14 Å². The summed E-state index contributed by atoms with van der Waals surface area (Å²) >= 11 is 0. The van der Waals surface area contributed by atoms with E-state index in [0.29, 0.717) is 0 Å². The van der Waals surface area contributed by atoms with E-state index in [-0.39, 0.29) is 11.1 Å². The Morgan fingerprint density at radius 3 is 1.70 bits per heavy atom. The van der Waals surface area contributed by atoms with E-state index in [4.69, 9.17) is 5.14 Å². The van der Waals surface area contributed by atoms with Gasteiger partial charge in [0.25, 0.3) is 0 Å². The fraction of sp³-hybridized carbons (Fsp3) is 0. The van der Waals surface area contributed by atoms with Crippen LogP contribution < -0.4 is 5.14 Å². The van der Waals surface area contributed by atoms with Crippen LogP contribution in [0.4, 0.5) is 22.0 Å². The average Bonchev–Trinajstić information content (AvgIpc) is 2.63. The maximum absolute atomic E-state index is 14.5. The molecule has 3 aromatic carbocycles. The molecule has 0 bridgehead atoms. The molecule has 0 spiro atoms. The molecule has 0 atom stereocenters. The zero-order chi connectivity index (χ0) is 19.9. The summed E-state index contributed by atoms with van der Waals surface area (Å²) in [5.41, 5.74) is -1.79. The summed E-state index contributed by atoms with van der Waals surface area (Å²) in [6, 6.07) is 8.33. The van der Waals surface area contributed by atoms with E-state index < -0.39 is 55.1 Å². The molecule has 9 heteroatoms. The molecule has 2 N–H and O–H groups in total. The summed E-state index contributed by atoms with van der Waals surface area (Å²) in [6.07, 6.45) is 0. The maximum Gasteiger partial charge on any atom is 0.238 e. The zero-order valence-electron chi connectivity index (χ0n) is 13.3. The predicted octanol–water partition coefficient (Wildman–Crippen LogP) is 4.36. The second-order valence-electron chi connectivity index (χ2n) is 5.59. The number of benzene rings is 3. The van der Waals surface area contributed by atoms with Crippen molar-refractivity contribution in [1.29, 1.82) is 0 Å². The molecule has 3 rings (SSSR count). The number of rotatable bonds is 3. The summed E-state index contributed by atoms with van der Waals surface area (Å²) in [4.78, 5) is -0.436. The molecule has 0 fully saturated rings. The van der Waals surface area contributed by atoms with Gasteiger partial charge in [-0.2, -0.15) is 0 Å². The van der Waals surface area contributed by atoms with Gasteiger partial charge in [-0.15, -0.1) is 0 Å². The van der Waals surface area contributed by atoms with E-state index in [1.54, 1.807) is 0 Å². The minimum Gasteiger partial charge on any atom is -0.225 e. The molecule has 140 valence electrons. The van der Waals surface area contributed by atoms with Crippen molar-refractivity contribution in [3.8, 4) is 22.3 Å². The summed E-state index contributed by atoms with van der Waals surface area (Å²) in [7, 11) is -4.19. The molecule has 0 unspecified atom stereocenters. The number of primary sulfonamides is 1. The lowest BCUT2D eigenvalue weighted by molar-refractivity contribution is 0.412. The third-order valence-corrected chi connectivity index (χ3v) is 4.76. The molecule has 0 amide bonds. The molecule has 0 aromatic heterocycles. The molecule has 3 nitrogen and oxygen atoms in total. The minimum atomic E-state index is -4.19. The summed E-state index contributed by atoms with van der Waals surface area (Å²) in [6.45, 7) is 0. The van der Waals surface area contributed by atoms with Crippen LogP contribution in [0.1, 0.15) is 0 Å². The maximum atomic E-state index is 14.5. The fourth-order valence-corrected chi connectivity index (χ4v) is 3.18. The number of nitrogens with two attached hydrogens (primary N) is 1. The second kappa shape index (κ2) is 6.75. The number of halogens is 5. The summed E-state index contributed by atoms with van der Waals surface area (Å²) in [5, 5.41) is 5.02. The Bertz CT molecular complexity index is 1150. The zero-order valence-corrected chi connectivity index (χ0v) is 14.1. The first-order valence-electron chi connectivity index (χ1n) is 7.36. The van der Waals surface area contributed by atoms with Crippen molar-refractivity contribution >= 4 is 10.0 Å². The van der Waals surface area contributed by atoms with Crippen molar-refractivity contribution in [1.82, 2.24) is 0 Å². The molecule has 0 radical (unpaired) electrons. The van der Waals surface area contributed by atoms with Gasteiger partial charge in [-0.1, -0.05) is 24.3 Å². The van der Waals surface area contributed by atoms with Gasteiger partial charge < -0.3 is 0 Å². The lowest BCUT2D eigenvalue weighted by Gasteiger charge is -2.15. The first-order valence-corrected chi connectivity index (χ1v) is 8.91. The molecule has 0 aliphatic carbocycles. The van der Waals surface area contributed by atoms with Crippen LogP contribution in [0.2, 0.25) is 0 Å². The van der Waals surface area contributed by atoms with Crippen LogP contribution in [-0.2, 0) is 10.0 Å². The second-order valence-corrected chi connectivity index (χ2v) is 7.15. The van der Waals surface area contributed by atoms with Gasteiger partial charge in [0.15, 0.2) is 23.3 Å². The van der Waals surface area contributed by atoms with Crippen LogP contribution in [0, 0.1) is 29.1 Å². The molecule has 0 heterocycles. The normalized spacial score (nSPS) is 11.6. The Kier molecular flexibility index (Phi) is 4.75. The first-order chi connectivity index (χ1) is 12.6. The lowest BCUT2D eigenvalue weighted by atomic mass is 9.93. The Labute approximate surface area is 150 Å². The van der Waals surface area contributed by atoms with Crippen LogP contribution in [0.15, 0.2) is 53.4 Å². The third-order valence-electron chi connectivity index (χ3n) is 3.85. The van der Waals surface area contributed by atoms with Gasteiger partial charge in [0, 0.05) is 11.1 Å². The molecular weight excluding hydrogens is 389 g/mol. The van der Waals surface area contributed by atoms with E-state index in [2.05, 4.69) is 0 Å². The van der Waals surface area contributed by atoms with Gasteiger partial charge in [0.1, 0.15) is 5.82 Å². The standard InChI is InChI=1S/C18H10F5NO2S/c19-11-6-4-9(5-7-11)13-14(16(21)18(23)17(22)15(13)20)10-2-1-3-12(8-10)27(24,25)26/h1-8H,(H2,24,25,26). The van der Waals surface area contributed by atoms with Crippen LogP contribution in [0.25, 0.3) is 22.3 Å². The predicted molar refractivity (Wildman–Crippen MR) is 88.5 cm³/mol. The SMILES string of the molecule is NS(=O)(=O)c1cccc(-c2c(F)c(F)c(F)c(F)c2-c2ccc(F)cc2)c1. The Morgan fingerprint density at radius 2 is 1.19 bits per heavy atom. The van der Waals surface area contributed by atoms with Crippen molar-refractivity contribution < 1.29 is 30.4 Å². The number of hydrogen-bond acceptors (Lipinski definition) is 2. The van der Waals surface area contributed by atoms with Gasteiger partial charge >= 0.3 is 0 Å². The Morgan fingerprint density at radius 1 is 0.667 bits per heavy atom. The Hall–Kier alpha value is -2.78. The smallest absolute Gasteiger partial charge is 0.225 e. The van der Waals surface area contributed by atoms with Gasteiger partial charge in [-0.25, -0.2) is 35.5 Å². The van der Waals surface area contributed by atoms with E-state index in [0.717, 1.165) is 36.4 Å². The van der Waals surface area contributed by atoms with Crippen molar-refractivity contribution in [2.45, 2.75) is 4.90 Å². The number of hydrogen-bond donors (Lipinski definition) is 1. The minimum absolute atomic E-state index is 0.136. The molecule has 27 heavy (non-hydrogen) atoms. The van der Waals surface area contributed by atoms with Crippen LogP contribution >= 0.6 is 0 Å². The lowest BCUT2D eigenvalue weighted by Crippen LogP contribution is -2.12. The molecule has 0 saturated heterocycles. The van der Waals surface area contributed by atoms with Gasteiger partial charge in [-0.05, 0) is 35.4 Å². The highest BCUT2D eigenvalue weighted by atomic mass is 32.2. The average molecular weight is 399 g/mol. The van der Waals surface area contributed by atoms with E-state index in [1.807, 2.05) is 0 Å². The van der Waals surface area contributed by atoms with Gasteiger partial charge in [-0.3, -0.25) is 0 Å². The highest BCUT2D eigenvalue weighted by Gasteiger charge is 2.27. The molecule has 0 saturated carbocycles. The highest BCUT2D eigenvalue weighted by molar-refractivity contribution is 7.89. The summed E-state index contributed by atoms with van der Waals surface area (Å²) < 4.78 is 92.9.